The fraction of sp³-hybridized carbons (Fsp3) is 0.400. The minimum absolute atomic E-state index is 0.169. The summed E-state index contributed by atoms with van der Waals surface area (Å²) < 4.78 is 5.14. The Labute approximate surface area is 87.0 Å². The SMILES string of the molecule is C[C@H]1CN(Cc2ccco2)C(=O)NC1=O. The minimum atomic E-state index is -0.352. The van der Waals surface area contributed by atoms with Gasteiger partial charge in [-0.3, -0.25) is 10.1 Å². The highest BCUT2D eigenvalue weighted by Crippen LogP contribution is 2.12. The molecule has 5 nitrogen and oxygen atoms in total. The fourth-order valence-corrected chi connectivity index (χ4v) is 1.53. The van der Waals surface area contributed by atoms with Crippen molar-refractivity contribution in [2.75, 3.05) is 6.54 Å². The zero-order valence-corrected chi connectivity index (χ0v) is 8.40. The number of carbonyl (C=O) groups is 2. The van der Waals surface area contributed by atoms with E-state index in [2.05, 4.69) is 5.32 Å². The third-order valence-electron chi connectivity index (χ3n) is 2.39. The van der Waals surface area contributed by atoms with E-state index in [1.165, 1.54) is 0 Å². The standard InChI is InChI=1S/C10H12N2O3/c1-7-5-12(10(14)11-9(7)13)6-8-3-2-4-15-8/h2-4,7H,5-6H2,1H3,(H,11,13,14)/t7-/m0/s1. The second-order valence-electron chi connectivity index (χ2n) is 3.66. The molecule has 1 atom stereocenters. The van der Waals surface area contributed by atoms with Gasteiger partial charge < -0.3 is 9.32 Å². The summed E-state index contributed by atoms with van der Waals surface area (Å²) in [7, 11) is 0. The predicted molar refractivity (Wildman–Crippen MR) is 51.8 cm³/mol. The van der Waals surface area contributed by atoms with Crippen molar-refractivity contribution in [1.82, 2.24) is 10.2 Å². The van der Waals surface area contributed by atoms with Crippen LogP contribution in [0.2, 0.25) is 0 Å². The molecular formula is C10H12N2O3. The number of amides is 3. The lowest BCUT2D eigenvalue weighted by atomic mass is 10.1. The van der Waals surface area contributed by atoms with Crippen molar-refractivity contribution in [2.45, 2.75) is 13.5 Å². The second-order valence-corrected chi connectivity index (χ2v) is 3.66. The molecule has 1 fully saturated rings. The molecule has 5 heteroatoms. The first-order valence-electron chi connectivity index (χ1n) is 4.79. The van der Waals surface area contributed by atoms with E-state index in [1.807, 2.05) is 0 Å². The van der Waals surface area contributed by atoms with Gasteiger partial charge in [-0.15, -0.1) is 0 Å². The van der Waals surface area contributed by atoms with Crippen LogP contribution >= 0.6 is 0 Å². The largest absolute Gasteiger partial charge is 0.467 e. The Balaban J connectivity index is 2.03. The van der Waals surface area contributed by atoms with E-state index in [1.54, 1.807) is 30.2 Å². The quantitative estimate of drug-likeness (QED) is 0.787. The molecule has 1 saturated heterocycles. The molecule has 15 heavy (non-hydrogen) atoms. The number of nitrogens with zero attached hydrogens (tertiary/aromatic N) is 1. The summed E-state index contributed by atoms with van der Waals surface area (Å²) in [4.78, 5) is 24.2. The summed E-state index contributed by atoms with van der Waals surface area (Å²) in [5.74, 6) is 0.333. The van der Waals surface area contributed by atoms with E-state index >= 15 is 0 Å². The Morgan fingerprint density at radius 3 is 3.07 bits per heavy atom. The van der Waals surface area contributed by atoms with Gasteiger partial charge in [-0.05, 0) is 12.1 Å². The summed E-state index contributed by atoms with van der Waals surface area (Å²) in [5, 5.41) is 2.30. The van der Waals surface area contributed by atoms with Crippen molar-refractivity contribution in [1.29, 1.82) is 0 Å². The van der Waals surface area contributed by atoms with Gasteiger partial charge in [-0.25, -0.2) is 4.79 Å². The van der Waals surface area contributed by atoms with Gasteiger partial charge in [-0.2, -0.15) is 0 Å². The molecule has 1 N–H and O–H groups in total. The van der Waals surface area contributed by atoms with Crippen molar-refractivity contribution in [3.05, 3.63) is 24.2 Å². The first-order valence-corrected chi connectivity index (χ1v) is 4.79. The fourth-order valence-electron chi connectivity index (χ4n) is 1.53. The Morgan fingerprint density at radius 1 is 1.60 bits per heavy atom. The lowest BCUT2D eigenvalue weighted by Crippen LogP contribution is -2.53. The van der Waals surface area contributed by atoms with Crippen LogP contribution in [0, 0.1) is 5.92 Å². The number of hydrogen-bond donors (Lipinski definition) is 1. The highest BCUT2D eigenvalue weighted by molar-refractivity contribution is 5.97. The van der Waals surface area contributed by atoms with Crippen LogP contribution in [0.25, 0.3) is 0 Å². The molecule has 0 aliphatic carbocycles. The molecule has 0 saturated carbocycles. The first kappa shape index (κ1) is 9.76. The van der Waals surface area contributed by atoms with E-state index < -0.39 is 0 Å². The van der Waals surface area contributed by atoms with Crippen LogP contribution < -0.4 is 5.32 Å². The molecule has 2 heterocycles. The third kappa shape index (κ3) is 2.01. The van der Waals surface area contributed by atoms with Crippen LogP contribution in [0.3, 0.4) is 0 Å². The van der Waals surface area contributed by atoms with E-state index in [9.17, 15) is 9.59 Å². The smallest absolute Gasteiger partial charge is 0.324 e. The monoisotopic (exact) mass is 208 g/mol. The van der Waals surface area contributed by atoms with Gasteiger partial charge in [0.25, 0.3) is 0 Å². The van der Waals surface area contributed by atoms with Crippen LogP contribution in [-0.4, -0.2) is 23.4 Å². The third-order valence-corrected chi connectivity index (χ3v) is 2.39. The number of carbonyl (C=O) groups excluding carboxylic acids is 2. The highest BCUT2D eigenvalue weighted by atomic mass is 16.3. The summed E-state index contributed by atoms with van der Waals surface area (Å²) >= 11 is 0. The maximum atomic E-state index is 11.4. The molecule has 3 amide bonds. The second kappa shape index (κ2) is 3.76. The zero-order valence-electron chi connectivity index (χ0n) is 8.40. The summed E-state index contributed by atoms with van der Waals surface area (Å²) in [6.45, 7) is 2.62. The van der Waals surface area contributed by atoms with Crippen LogP contribution in [0.15, 0.2) is 22.8 Å². The number of nitrogens with one attached hydrogen (secondary N) is 1. The van der Waals surface area contributed by atoms with Gasteiger partial charge in [0.05, 0.1) is 18.7 Å². The van der Waals surface area contributed by atoms with Crippen LogP contribution in [-0.2, 0) is 11.3 Å². The van der Waals surface area contributed by atoms with Gasteiger partial charge in [0, 0.05) is 6.54 Å². The molecule has 2 rings (SSSR count). The molecule has 1 aliphatic rings. The lowest BCUT2D eigenvalue weighted by molar-refractivity contribution is -0.125. The van der Waals surface area contributed by atoms with E-state index in [0.29, 0.717) is 18.8 Å². The highest BCUT2D eigenvalue weighted by Gasteiger charge is 2.29. The molecule has 80 valence electrons. The topological polar surface area (TPSA) is 62.6 Å². The van der Waals surface area contributed by atoms with Gasteiger partial charge in [0.15, 0.2) is 0 Å². The van der Waals surface area contributed by atoms with Gasteiger partial charge in [0.1, 0.15) is 5.76 Å². The summed E-state index contributed by atoms with van der Waals surface area (Å²) in [6, 6.07) is 3.22. The average Bonchev–Trinajstić information content (AvgIpc) is 2.67. The van der Waals surface area contributed by atoms with Gasteiger partial charge >= 0.3 is 6.03 Å². The number of furan rings is 1. The van der Waals surface area contributed by atoms with Gasteiger partial charge in [0.2, 0.25) is 5.91 Å². The molecule has 1 aromatic rings. The van der Waals surface area contributed by atoms with Crippen LogP contribution in [0.1, 0.15) is 12.7 Å². The Bertz CT molecular complexity index is 372. The molecule has 0 bridgehead atoms. The average molecular weight is 208 g/mol. The Morgan fingerprint density at radius 2 is 2.40 bits per heavy atom. The van der Waals surface area contributed by atoms with E-state index in [4.69, 9.17) is 4.42 Å². The number of imide groups is 1. The van der Waals surface area contributed by atoms with E-state index in [-0.39, 0.29) is 17.9 Å². The molecule has 1 aliphatic heterocycles. The van der Waals surface area contributed by atoms with Crippen LogP contribution in [0.5, 0.6) is 0 Å². The number of urea groups is 1. The number of rotatable bonds is 2. The zero-order chi connectivity index (χ0) is 10.8. The van der Waals surface area contributed by atoms with Crippen molar-refractivity contribution in [3.63, 3.8) is 0 Å². The number of hydrogen-bond acceptors (Lipinski definition) is 3. The molecule has 1 aromatic heterocycles. The minimum Gasteiger partial charge on any atom is -0.467 e. The first-order chi connectivity index (χ1) is 7.16. The molecule has 0 spiro atoms. The maximum Gasteiger partial charge on any atom is 0.324 e. The Hall–Kier alpha value is -1.78. The van der Waals surface area contributed by atoms with Crippen molar-refractivity contribution < 1.29 is 14.0 Å². The molecule has 0 aromatic carbocycles. The van der Waals surface area contributed by atoms with E-state index in [0.717, 1.165) is 0 Å². The normalized spacial score (nSPS) is 21.7. The predicted octanol–water partition coefficient (Wildman–Crippen LogP) is 0.967. The maximum absolute atomic E-state index is 11.4. The van der Waals surface area contributed by atoms with Crippen molar-refractivity contribution in [2.24, 2.45) is 5.92 Å². The van der Waals surface area contributed by atoms with Crippen LogP contribution in [0.4, 0.5) is 4.79 Å². The van der Waals surface area contributed by atoms with Gasteiger partial charge in [-0.1, -0.05) is 6.92 Å². The molecule has 0 unspecified atom stereocenters. The lowest BCUT2D eigenvalue weighted by Gasteiger charge is -2.29. The van der Waals surface area contributed by atoms with Crippen molar-refractivity contribution >= 4 is 11.9 Å². The Kier molecular flexibility index (Phi) is 2.45. The summed E-state index contributed by atoms with van der Waals surface area (Å²) in [5.41, 5.74) is 0. The molecule has 0 radical (unpaired) electrons. The molecular weight excluding hydrogens is 196 g/mol. The van der Waals surface area contributed by atoms with Crippen molar-refractivity contribution in [3.8, 4) is 0 Å². The summed E-state index contributed by atoms with van der Waals surface area (Å²) in [6.07, 6.45) is 1.56.